The maximum absolute atomic E-state index is 11.4. The van der Waals surface area contributed by atoms with Crippen LogP contribution in [0.2, 0.25) is 0 Å². The number of nitrogens with two attached hydrogens (primary N) is 1. The SMILES string of the molecule is CCCC(CCC)N(Cc1ccoc1)c1ccc(C(=O)O)c(C)c1N. The monoisotopic (exact) mass is 344 g/mol. The van der Waals surface area contributed by atoms with E-state index in [0.29, 0.717) is 23.8 Å². The van der Waals surface area contributed by atoms with Gasteiger partial charge in [0, 0.05) is 18.2 Å². The van der Waals surface area contributed by atoms with Crippen molar-refractivity contribution >= 4 is 17.3 Å². The molecular weight excluding hydrogens is 316 g/mol. The van der Waals surface area contributed by atoms with Crippen LogP contribution in [0.1, 0.15) is 61.0 Å². The van der Waals surface area contributed by atoms with E-state index >= 15 is 0 Å². The van der Waals surface area contributed by atoms with Gasteiger partial charge in [-0.05, 0) is 43.5 Å². The lowest BCUT2D eigenvalue weighted by atomic mass is 10.00. The summed E-state index contributed by atoms with van der Waals surface area (Å²) in [5.41, 5.74) is 9.75. The van der Waals surface area contributed by atoms with Crippen molar-refractivity contribution in [2.75, 3.05) is 10.6 Å². The number of hydrogen-bond acceptors (Lipinski definition) is 4. The number of nitrogen functional groups attached to an aromatic ring is 1. The standard InChI is InChI=1S/C20H28N2O3/c1-4-6-16(7-5-2)22(12-15-10-11-25-13-15)18-9-8-17(20(23)24)14(3)19(18)21/h8-11,13,16H,4-7,12,21H2,1-3H3,(H,23,24). The topological polar surface area (TPSA) is 79.7 Å². The molecule has 0 bridgehead atoms. The third-order valence-corrected chi connectivity index (χ3v) is 4.65. The van der Waals surface area contributed by atoms with E-state index < -0.39 is 5.97 Å². The molecule has 5 nitrogen and oxygen atoms in total. The second kappa shape index (κ2) is 8.60. The number of anilines is 2. The summed E-state index contributed by atoms with van der Waals surface area (Å²) in [6, 6.07) is 5.80. The van der Waals surface area contributed by atoms with Gasteiger partial charge in [-0.1, -0.05) is 26.7 Å². The molecule has 0 saturated carbocycles. The van der Waals surface area contributed by atoms with Crippen LogP contribution in [-0.4, -0.2) is 17.1 Å². The summed E-state index contributed by atoms with van der Waals surface area (Å²) in [6.07, 6.45) is 7.70. The molecule has 0 aliphatic rings. The summed E-state index contributed by atoms with van der Waals surface area (Å²) >= 11 is 0. The van der Waals surface area contributed by atoms with Gasteiger partial charge in [0.05, 0.1) is 29.5 Å². The number of furan rings is 1. The summed E-state index contributed by atoms with van der Waals surface area (Å²) in [7, 11) is 0. The zero-order valence-electron chi connectivity index (χ0n) is 15.3. The molecule has 0 unspecified atom stereocenters. The molecule has 0 spiro atoms. The van der Waals surface area contributed by atoms with E-state index in [1.807, 2.05) is 12.1 Å². The van der Waals surface area contributed by atoms with Gasteiger partial charge in [-0.25, -0.2) is 4.79 Å². The van der Waals surface area contributed by atoms with Crippen molar-refractivity contribution in [3.8, 4) is 0 Å². The maximum atomic E-state index is 11.4. The highest BCUT2D eigenvalue weighted by Gasteiger charge is 2.23. The van der Waals surface area contributed by atoms with Crippen LogP contribution in [0.5, 0.6) is 0 Å². The minimum Gasteiger partial charge on any atom is -0.478 e. The highest BCUT2D eigenvalue weighted by Crippen LogP contribution is 2.33. The fraction of sp³-hybridized carbons (Fsp3) is 0.450. The molecule has 0 aliphatic heterocycles. The Morgan fingerprint density at radius 3 is 2.44 bits per heavy atom. The normalized spacial score (nSPS) is 11.0. The predicted molar refractivity (Wildman–Crippen MR) is 101 cm³/mol. The van der Waals surface area contributed by atoms with Crippen LogP contribution in [0.4, 0.5) is 11.4 Å². The van der Waals surface area contributed by atoms with E-state index in [1.54, 1.807) is 25.5 Å². The van der Waals surface area contributed by atoms with Crippen molar-refractivity contribution in [3.63, 3.8) is 0 Å². The van der Waals surface area contributed by atoms with Gasteiger partial charge in [-0.15, -0.1) is 0 Å². The highest BCUT2D eigenvalue weighted by atomic mass is 16.4. The van der Waals surface area contributed by atoms with E-state index in [4.69, 9.17) is 10.2 Å². The van der Waals surface area contributed by atoms with Gasteiger partial charge in [-0.2, -0.15) is 0 Å². The molecule has 1 aromatic carbocycles. The molecule has 2 rings (SSSR count). The lowest BCUT2D eigenvalue weighted by molar-refractivity contribution is 0.0696. The van der Waals surface area contributed by atoms with E-state index in [1.165, 1.54) is 0 Å². The Morgan fingerprint density at radius 1 is 1.24 bits per heavy atom. The fourth-order valence-corrected chi connectivity index (χ4v) is 3.31. The van der Waals surface area contributed by atoms with Crippen LogP contribution in [0.25, 0.3) is 0 Å². The van der Waals surface area contributed by atoms with Gasteiger partial charge in [-0.3, -0.25) is 0 Å². The van der Waals surface area contributed by atoms with Crippen molar-refractivity contribution in [3.05, 3.63) is 47.4 Å². The summed E-state index contributed by atoms with van der Waals surface area (Å²) in [5.74, 6) is -0.948. The fourth-order valence-electron chi connectivity index (χ4n) is 3.31. The van der Waals surface area contributed by atoms with Gasteiger partial charge < -0.3 is 20.2 Å². The Kier molecular flexibility index (Phi) is 6.51. The summed E-state index contributed by atoms with van der Waals surface area (Å²) < 4.78 is 5.22. The summed E-state index contributed by atoms with van der Waals surface area (Å²) in [6.45, 7) is 6.83. The number of hydrogen-bond donors (Lipinski definition) is 2. The van der Waals surface area contributed by atoms with Crippen LogP contribution in [-0.2, 0) is 6.54 Å². The van der Waals surface area contributed by atoms with Gasteiger partial charge in [0.25, 0.3) is 0 Å². The Labute approximate surface area is 149 Å². The van der Waals surface area contributed by atoms with Crippen LogP contribution in [0.3, 0.4) is 0 Å². The van der Waals surface area contributed by atoms with E-state index in [0.717, 1.165) is 36.9 Å². The molecule has 5 heteroatoms. The third kappa shape index (κ3) is 4.35. The third-order valence-electron chi connectivity index (χ3n) is 4.65. The molecule has 1 heterocycles. The number of rotatable bonds is 9. The number of carbonyl (C=O) groups is 1. The second-order valence-electron chi connectivity index (χ2n) is 6.47. The maximum Gasteiger partial charge on any atom is 0.336 e. The van der Waals surface area contributed by atoms with Crippen molar-refractivity contribution in [2.24, 2.45) is 0 Å². The van der Waals surface area contributed by atoms with Crippen molar-refractivity contribution in [1.29, 1.82) is 0 Å². The molecule has 3 N–H and O–H groups in total. The largest absolute Gasteiger partial charge is 0.478 e. The smallest absolute Gasteiger partial charge is 0.336 e. The number of carboxylic acids is 1. The minimum atomic E-state index is -0.948. The Hall–Kier alpha value is -2.43. The number of carboxylic acid groups (broad SMARTS) is 1. The van der Waals surface area contributed by atoms with Crippen molar-refractivity contribution < 1.29 is 14.3 Å². The van der Waals surface area contributed by atoms with Gasteiger partial charge in [0.15, 0.2) is 0 Å². The van der Waals surface area contributed by atoms with Crippen LogP contribution < -0.4 is 10.6 Å². The quantitative estimate of drug-likeness (QED) is 0.636. The number of benzene rings is 1. The molecule has 0 fully saturated rings. The molecule has 0 aliphatic carbocycles. The average molecular weight is 344 g/mol. The van der Waals surface area contributed by atoms with Gasteiger partial charge in [0.2, 0.25) is 0 Å². The van der Waals surface area contributed by atoms with Crippen LogP contribution in [0.15, 0.2) is 35.1 Å². The molecule has 0 amide bonds. The lowest BCUT2D eigenvalue weighted by Crippen LogP contribution is -2.35. The first-order valence-corrected chi connectivity index (χ1v) is 8.89. The zero-order chi connectivity index (χ0) is 18.4. The number of nitrogens with zero attached hydrogens (tertiary/aromatic N) is 1. The summed E-state index contributed by atoms with van der Waals surface area (Å²) in [5, 5.41) is 9.32. The molecule has 0 saturated heterocycles. The Morgan fingerprint density at radius 2 is 1.92 bits per heavy atom. The lowest BCUT2D eigenvalue weighted by Gasteiger charge is -2.35. The first kappa shape index (κ1) is 18.9. The van der Waals surface area contributed by atoms with Crippen LogP contribution in [0, 0.1) is 6.92 Å². The van der Waals surface area contributed by atoms with Crippen molar-refractivity contribution in [2.45, 2.75) is 59.0 Å². The predicted octanol–water partition coefficient (Wildman–Crippen LogP) is 4.84. The first-order chi connectivity index (χ1) is 12.0. The van der Waals surface area contributed by atoms with Gasteiger partial charge in [0.1, 0.15) is 0 Å². The molecule has 136 valence electrons. The molecule has 2 aromatic rings. The van der Waals surface area contributed by atoms with E-state index in [9.17, 15) is 9.90 Å². The van der Waals surface area contributed by atoms with Gasteiger partial charge >= 0.3 is 5.97 Å². The van der Waals surface area contributed by atoms with E-state index in [2.05, 4.69) is 18.7 Å². The Bertz CT molecular complexity index is 689. The Balaban J connectivity index is 2.46. The first-order valence-electron chi connectivity index (χ1n) is 8.89. The average Bonchev–Trinajstić information content (AvgIpc) is 3.08. The molecule has 25 heavy (non-hydrogen) atoms. The van der Waals surface area contributed by atoms with Crippen molar-refractivity contribution in [1.82, 2.24) is 0 Å². The summed E-state index contributed by atoms with van der Waals surface area (Å²) in [4.78, 5) is 13.7. The minimum absolute atomic E-state index is 0.257. The number of aromatic carboxylic acids is 1. The molecule has 0 radical (unpaired) electrons. The molecular formula is C20H28N2O3. The van der Waals surface area contributed by atoms with Crippen LogP contribution >= 0.6 is 0 Å². The zero-order valence-corrected chi connectivity index (χ0v) is 15.3. The molecule has 1 aromatic heterocycles. The molecule has 0 atom stereocenters. The van der Waals surface area contributed by atoms with E-state index in [-0.39, 0.29) is 5.56 Å². The highest BCUT2D eigenvalue weighted by molar-refractivity contribution is 5.93. The second-order valence-corrected chi connectivity index (χ2v) is 6.47.